The van der Waals surface area contributed by atoms with Gasteiger partial charge >= 0.3 is 0 Å². The van der Waals surface area contributed by atoms with Crippen LogP contribution in [-0.4, -0.2) is 42.1 Å². The number of aromatic nitrogens is 1. The molecule has 1 aliphatic carbocycles. The first kappa shape index (κ1) is 19.7. The van der Waals surface area contributed by atoms with Crippen molar-refractivity contribution in [3.05, 3.63) is 72.4 Å². The van der Waals surface area contributed by atoms with E-state index in [4.69, 9.17) is 4.42 Å². The summed E-state index contributed by atoms with van der Waals surface area (Å²) in [5, 5.41) is 1.89. The van der Waals surface area contributed by atoms with Gasteiger partial charge in [-0.1, -0.05) is 18.2 Å². The fourth-order valence-electron chi connectivity index (χ4n) is 5.77. The van der Waals surface area contributed by atoms with Crippen LogP contribution in [-0.2, 0) is 0 Å². The Morgan fingerprint density at radius 2 is 1.62 bits per heavy atom. The standard InChI is InChI=1S/C27H28FN3O/c28-24-11-12-25(27-22(24)5-3-13-29-27)31-16-14-30(15-17-31)20-9-7-19(8-10-20)23-18-32-26-6-2-1-4-21(23)26/h1-6,11-13,18-20H,7-10,14-17H2. The van der Waals surface area contributed by atoms with Crippen molar-refractivity contribution < 1.29 is 8.81 Å². The van der Waals surface area contributed by atoms with Crippen molar-refractivity contribution in [1.82, 2.24) is 9.88 Å². The molecular formula is C27H28FN3O. The van der Waals surface area contributed by atoms with Crippen LogP contribution in [0.4, 0.5) is 10.1 Å². The van der Waals surface area contributed by atoms with E-state index in [9.17, 15) is 4.39 Å². The molecule has 0 atom stereocenters. The monoisotopic (exact) mass is 429 g/mol. The molecular weight excluding hydrogens is 401 g/mol. The maximum Gasteiger partial charge on any atom is 0.134 e. The Kier molecular flexibility index (Phi) is 5.07. The summed E-state index contributed by atoms with van der Waals surface area (Å²) in [6.07, 6.45) is 8.66. The van der Waals surface area contributed by atoms with E-state index in [1.54, 1.807) is 18.3 Å². The fourth-order valence-corrected chi connectivity index (χ4v) is 5.77. The van der Waals surface area contributed by atoms with Crippen molar-refractivity contribution in [2.24, 2.45) is 0 Å². The first-order valence-electron chi connectivity index (χ1n) is 11.8. The Balaban J connectivity index is 1.10. The number of anilines is 1. The lowest BCUT2D eigenvalue weighted by Crippen LogP contribution is -2.51. The molecule has 1 saturated carbocycles. The molecule has 6 rings (SSSR count). The number of hydrogen-bond acceptors (Lipinski definition) is 4. The molecule has 5 heteroatoms. The van der Waals surface area contributed by atoms with Gasteiger partial charge in [0.05, 0.1) is 17.5 Å². The van der Waals surface area contributed by atoms with Crippen LogP contribution < -0.4 is 4.90 Å². The summed E-state index contributed by atoms with van der Waals surface area (Å²) in [5.74, 6) is 0.408. The van der Waals surface area contributed by atoms with E-state index >= 15 is 0 Å². The van der Waals surface area contributed by atoms with E-state index < -0.39 is 0 Å². The molecule has 32 heavy (non-hydrogen) atoms. The van der Waals surface area contributed by atoms with Crippen LogP contribution in [0.3, 0.4) is 0 Å². The second-order valence-electron chi connectivity index (χ2n) is 9.18. The number of halogens is 1. The molecule has 0 unspecified atom stereocenters. The number of nitrogens with zero attached hydrogens (tertiary/aromatic N) is 3. The zero-order chi connectivity index (χ0) is 21.5. The number of piperazine rings is 1. The molecule has 164 valence electrons. The first-order chi connectivity index (χ1) is 15.8. The van der Waals surface area contributed by atoms with Crippen molar-refractivity contribution in [3.63, 3.8) is 0 Å². The molecule has 0 spiro atoms. The molecule has 0 bridgehead atoms. The molecule has 1 aliphatic heterocycles. The fraction of sp³-hybridized carbons (Fsp3) is 0.370. The molecule has 0 amide bonds. The second-order valence-corrected chi connectivity index (χ2v) is 9.18. The molecule has 2 aliphatic rings. The second kappa shape index (κ2) is 8.21. The van der Waals surface area contributed by atoms with E-state index in [1.807, 2.05) is 24.5 Å². The van der Waals surface area contributed by atoms with Gasteiger partial charge in [0, 0.05) is 54.8 Å². The zero-order valence-corrected chi connectivity index (χ0v) is 18.2. The third-order valence-corrected chi connectivity index (χ3v) is 7.51. The van der Waals surface area contributed by atoms with Crippen LogP contribution in [0.15, 0.2) is 65.4 Å². The lowest BCUT2D eigenvalue weighted by molar-refractivity contribution is 0.141. The third-order valence-electron chi connectivity index (χ3n) is 7.51. The molecule has 3 heterocycles. The molecule has 0 radical (unpaired) electrons. The Morgan fingerprint density at radius 1 is 0.844 bits per heavy atom. The number of furan rings is 1. The SMILES string of the molecule is Fc1ccc(N2CCN(C3CCC(c4coc5ccccc45)CC3)CC2)c2ncccc12. The number of fused-ring (bicyclic) bond motifs is 2. The molecule has 2 aromatic carbocycles. The zero-order valence-electron chi connectivity index (χ0n) is 18.2. The predicted molar refractivity (Wildman–Crippen MR) is 127 cm³/mol. The largest absolute Gasteiger partial charge is 0.464 e. The average molecular weight is 430 g/mol. The maximum atomic E-state index is 14.2. The minimum atomic E-state index is -0.197. The van der Waals surface area contributed by atoms with Gasteiger partial charge < -0.3 is 9.32 Å². The molecule has 4 aromatic rings. The van der Waals surface area contributed by atoms with Gasteiger partial charge in [-0.15, -0.1) is 0 Å². The van der Waals surface area contributed by atoms with E-state index in [2.05, 4.69) is 33.0 Å². The van der Waals surface area contributed by atoms with E-state index in [0.29, 0.717) is 17.3 Å². The van der Waals surface area contributed by atoms with Crippen LogP contribution in [0.25, 0.3) is 21.9 Å². The topological polar surface area (TPSA) is 32.5 Å². The van der Waals surface area contributed by atoms with Crippen LogP contribution in [0, 0.1) is 5.82 Å². The quantitative estimate of drug-likeness (QED) is 0.402. The van der Waals surface area contributed by atoms with Gasteiger partial charge in [0.25, 0.3) is 0 Å². The molecule has 2 aromatic heterocycles. The van der Waals surface area contributed by atoms with Gasteiger partial charge in [-0.2, -0.15) is 0 Å². The smallest absolute Gasteiger partial charge is 0.134 e. The Hall–Kier alpha value is -2.92. The lowest BCUT2D eigenvalue weighted by atomic mass is 9.81. The van der Waals surface area contributed by atoms with Gasteiger partial charge in [0.1, 0.15) is 11.4 Å². The van der Waals surface area contributed by atoms with Gasteiger partial charge in [-0.05, 0) is 61.9 Å². The number of rotatable bonds is 3. The summed E-state index contributed by atoms with van der Waals surface area (Å²) in [6.45, 7) is 4.03. The van der Waals surface area contributed by atoms with E-state index in [0.717, 1.165) is 43.0 Å². The molecule has 2 fully saturated rings. The number of pyridine rings is 1. The van der Waals surface area contributed by atoms with Crippen molar-refractivity contribution in [3.8, 4) is 0 Å². The number of para-hydroxylation sites is 1. The highest BCUT2D eigenvalue weighted by atomic mass is 19.1. The first-order valence-corrected chi connectivity index (χ1v) is 11.8. The summed E-state index contributed by atoms with van der Waals surface area (Å²) in [6, 6.07) is 16.1. The Bertz CT molecular complexity index is 1240. The van der Waals surface area contributed by atoms with E-state index in [1.165, 1.54) is 36.6 Å². The Labute approximate surface area is 187 Å². The minimum absolute atomic E-state index is 0.197. The molecule has 0 N–H and O–H groups in total. The van der Waals surface area contributed by atoms with Crippen LogP contribution in [0.2, 0.25) is 0 Å². The van der Waals surface area contributed by atoms with Crippen molar-refractivity contribution in [1.29, 1.82) is 0 Å². The van der Waals surface area contributed by atoms with Gasteiger partial charge in [0.2, 0.25) is 0 Å². The highest BCUT2D eigenvalue weighted by Gasteiger charge is 2.30. The summed E-state index contributed by atoms with van der Waals surface area (Å²) >= 11 is 0. The lowest BCUT2D eigenvalue weighted by Gasteiger charge is -2.42. The minimum Gasteiger partial charge on any atom is -0.464 e. The third kappa shape index (κ3) is 3.45. The van der Waals surface area contributed by atoms with Gasteiger partial charge in [-0.25, -0.2) is 4.39 Å². The summed E-state index contributed by atoms with van der Waals surface area (Å²) in [7, 11) is 0. The van der Waals surface area contributed by atoms with Crippen molar-refractivity contribution in [2.75, 3.05) is 31.1 Å². The highest BCUT2D eigenvalue weighted by molar-refractivity contribution is 5.91. The Morgan fingerprint density at radius 3 is 2.47 bits per heavy atom. The van der Waals surface area contributed by atoms with Gasteiger partial charge in [-0.3, -0.25) is 9.88 Å². The summed E-state index contributed by atoms with van der Waals surface area (Å²) < 4.78 is 20.0. The van der Waals surface area contributed by atoms with Crippen molar-refractivity contribution >= 4 is 27.6 Å². The predicted octanol–water partition coefficient (Wildman–Crippen LogP) is 5.97. The normalized spacial score (nSPS) is 22.6. The van der Waals surface area contributed by atoms with Gasteiger partial charge in [0.15, 0.2) is 0 Å². The van der Waals surface area contributed by atoms with Crippen LogP contribution >= 0.6 is 0 Å². The van der Waals surface area contributed by atoms with Crippen LogP contribution in [0.5, 0.6) is 0 Å². The van der Waals surface area contributed by atoms with Crippen LogP contribution in [0.1, 0.15) is 37.2 Å². The number of hydrogen-bond donors (Lipinski definition) is 0. The molecule has 1 saturated heterocycles. The number of benzene rings is 2. The maximum absolute atomic E-state index is 14.2. The van der Waals surface area contributed by atoms with Crippen molar-refractivity contribution in [2.45, 2.75) is 37.6 Å². The molecule has 4 nitrogen and oxygen atoms in total. The highest BCUT2D eigenvalue weighted by Crippen LogP contribution is 2.39. The summed E-state index contributed by atoms with van der Waals surface area (Å²) in [4.78, 5) is 9.51. The average Bonchev–Trinajstić information content (AvgIpc) is 3.29. The van der Waals surface area contributed by atoms with E-state index in [-0.39, 0.29) is 5.82 Å². The summed E-state index contributed by atoms with van der Waals surface area (Å²) in [5.41, 5.74) is 4.22.